The maximum atomic E-state index is 12.9. The van der Waals surface area contributed by atoms with Gasteiger partial charge < -0.3 is 18.9 Å². The number of benzene rings is 1. The van der Waals surface area contributed by atoms with Gasteiger partial charge in [0.15, 0.2) is 0 Å². The number of amides is 1. The minimum absolute atomic E-state index is 0.0683. The predicted molar refractivity (Wildman–Crippen MR) is 105 cm³/mol. The van der Waals surface area contributed by atoms with Crippen molar-refractivity contribution in [2.24, 2.45) is 13.0 Å². The van der Waals surface area contributed by atoms with Crippen LogP contribution in [0.1, 0.15) is 16.8 Å². The molecule has 6 heteroatoms. The maximum absolute atomic E-state index is 12.9. The summed E-state index contributed by atoms with van der Waals surface area (Å²) in [5.74, 6) is 1.13. The quantitative estimate of drug-likeness (QED) is 0.702. The second-order valence-electron chi connectivity index (χ2n) is 7.76. The number of aromatic nitrogens is 2. The van der Waals surface area contributed by atoms with Crippen molar-refractivity contribution in [3.05, 3.63) is 60.6 Å². The summed E-state index contributed by atoms with van der Waals surface area (Å²) in [7, 11) is 2.01. The number of ether oxygens (including phenoxy) is 2. The lowest BCUT2D eigenvalue weighted by molar-refractivity contribution is -0.122. The summed E-state index contributed by atoms with van der Waals surface area (Å²) < 4.78 is 14.0. The number of likely N-dealkylation sites (tertiary alicyclic amines) is 1. The number of hydrogen-bond donors (Lipinski definition) is 0. The molecule has 2 aliphatic heterocycles. The second kappa shape index (κ2) is 6.63. The van der Waals surface area contributed by atoms with Crippen LogP contribution in [0.4, 0.5) is 0 Å². The largest absolute Gasteiger partial charge is 0.492 e. The predicted octanol–water partition coefficient (Wildman–Crippen LogP) is 2.88. The van der Waals surface area contributed by atoms with E-state index in [2.05, 4.69) is 9.55 Å². The molecular formula is C22H23N3O3. The monoisotopic (exact) mass is 377 g/mol. The highest BCUT2D eigenvalue weighted by Crippen LogP contribution is 2.40. The van der Waals surface area contributed by atoms with Gasteiger partial charge in [0.05, 0.1) is 25.9 Å². The fourth-order valence-electron chi connectivity index (χ4n) is 4.34. The molecule has 1 atom stereocenters. The van der Waals surface area contributed by atoms with Crippen LogP contribution in [0.3, 0.4) is 0 Å². The number of rotatable bonds is 4. The van der Waals surface area contributed by atoms with Crippen molar-refractivity contribution in [2.45, 2.75) is 12.0 Å². The minimum Gasteiger partial charge on any atom is -0.492 e. The van der Waals surface area contributed by atoms with Gasteiger partial charge in [0.1, 0.15) is 11.4 Å². The average molecular weight is 377 g/mol. The van der Waals surface area contributed by atoms with Crippen molar-refractivity contribution in [3.8, 4) is 5.75 Å². The molecule has 1 aromatic carbocycles. The molecule has 2 aromatic heterocycles. The van der Waals surface area contributed by atoms with Crippen LogP contribution in [0.25, 0.3) is 10.9 Å². The highest BCUT2D eigenvalue weighted by Gasteiger charge is 2.54. The summed E-state index contributed by atoms with van der Waals surface area (Å²) in [6.07, 6.45) is 6.42. The van der Waals surface area contributed by atoms with Crippen molar-refractivity contribution >= 4 is 16.8 Å². The Labute approximate surface area is 163 Å². The number of aryl methyl sites for hydroxylation is 1. The number of pyridine rings is 1. The Hall–Kier alpha value is -2.86. The van der Waals surface area contributed by atoms with Crippen LogP contribution in [0.15, 0.2) is 55.0 Å². The average Bonchev–Trinajstić information content (AvgIpc) is 3.29. The minimum atomic E-state index is -0.269. The van der Waals surface area contributed by atoms with E-state index in [1.165, 1.54) is 0 Å². The molecule has 1 unspecified atom stereocenters. The van der Waals surface area contributed by atoms with Gasteiger partial charge >= 0.3 is 0 Å². The summed E-state index contributed by atoms with van der Waals surface area (Å²) in [6, 6.07) is 11.7. The van der Waals surface area contributed by atoms with Crippen LogP contribution in [-0.4, -0.2) is 52.3 Å². The molecule has 144 valence electrons. The molecule has 1 spiro atoms. The molecule has 6 nitrogen and oxygen atoms in total. The van der Waals surface area contributed by atoms with Crippen molar-refractivity contribution < 1.29 is 14.3 Å². The SMILES string of the molecule is Cn1ccc2cc(C(=O)N3CC4(C3)OCCC4COc3cccnc3)ccc21. The van der Waals surface area contributed by atoms with E-state index in [9.17, 15) is 4.79 Å². The van der Waals surface area contributed by atoms with Gasteiger partial charge in [-0.05, 0) is 42.8 Å². The first-order valence-electron chi connectivity index (χ1n) is 9.66. The van der Waals surface area contributed by atoms with Crippen molar-refractivity contribution in [1.82, 2.24) is 14.5 Å². The van der Waals surface area contributed by atoms with Crippen molar-refractivity contribution in [3.63, 3.8) is 0 Å². The normalized spacial score (nSPS) is 20.5. The van der Waals surface area contributed by atoms with E-state index in [1.807, 2.05) is 54.5 Å². The first-order chi connectivity index (χ1) is 13.6. The standard InChI is InChI=1S/C22H23N3O3/c1-24-9-6-16-11-17(4-5-20(16)24)21(26)25-14-22(15-25)18(7-10-28-22)13-27-19-3-2-8-23-12-19/h2-6,8-9,11-12,18H,7,10,13-15H2,1H3. The van der Waals surface area contributed by atoms with E-state index in [0.29, 0.717) is 19.7 Å². The molecule has 0 N–H and O–H groups in total. The van der Waals surface area contributed by atoms with Gasteiger partial charge in [-0.3, -0.25) is 9.78 Å². The number of hydrogen-bond acceptors (Lipinski definition) is 4. The van der Waals surface area contributed by atoms with Crippen LogP contribution in [0, 0.1) is 5.92 Å². The lowest BCUT2D eigenvalue weighted by Crippen LogP contribution is -2.66. The Kier molecular flexibility index (Phi) is 4.09. The molecule has 2 saturated heterocycles. The fourth-order valence-corrected chi connectivity index (χ4v) is 4.34. The summed E-state index contributed by atoms with van der Waals surface area (Å²) >= 11 is 0. The van der Waals surface area contributed by atoms with Crippen molar-refractivity contribution in [1.29, 1.82) is 0 Å². The molecule has 4 heterocycles. The van der Waals surface area contributed by atoms with Crippen LogP contribution in [0.5, 0.6) is 5.75 Å². The molecule has 2 fully saturated rings. The molecule has 0 aliphatic carbocycles. The lowest BCUT2D eigenvalue weighted by atomic mass is 9.81. The zero-order valence-electron chi connectivity index (χ0n) is 15.9. The van der Waals surface area contributed by atoms with Crippen LogP contribution in [-0.2, 0) is 11.8 Å². The lowest BCUT2D eigenvalue weighted by Gasteiger charge is -2.50. The van der Waals surface area contributed by atoms with E-state index in [1.54, 1.807) is 12.4 Å². The fraction of sp³-hybridized carbons (Fsp3) is 0.364. The number of carbonyl (C=O) groups is 1. The molecule has 1 amide bonds. The molecule has 5 rings (SSSR count). The Morgan fingerprint density at radius 2 is 2.21 bits per heavy atom. The summed E-state index contributed by atoms with van der Waals surface area (Å²) in [5.41, 5.74) is 1.59. The highest BCUT2D eigenvalue weighted by molar-refractivity contribution is 5.98. The second-order valence-corrected chi connectivity index (χ2v) is 7.76. The zero-order chi connectivity index (χ0) is 19.1. The van der Waals surface area contributed by atoms with E-state index < -0.39 is 0 Å². The topological polar surface area (TPSA) is 56.6 Å². The van der Waals surface area contributed by atoms with Gasteiger partial charge in [0, 0.05) is 48.4 Å². The van der Waals surface area contributed by atoms with Crippen LogP contribution in [0.2, 0.25) is 0 Å². The molecule has 2 aliphatic rings. The third kappa shape index (κ3) is 2.85. The van der Waals surface area contributed by atoms with Gasteiger partial charge in [0.2, 0.25) is 0 Å². The molecular weight excluding hydrogens is 354 g/mol. The van der Waals surface area contributed by atoms with E-state index in [4.69, 9.17) is 9.47 Å². The third-order valence-corrected chi connectivity index (χ3v) is 6.02. The Balaban J connectivity index is 1.25. The first kappa shape index (κ1) is 17.3. The molecule has 28 heavy (non-hydrogen) atoms. The molecule has 0 radical (unpaired) electrons. The van der Waals surface area contributed by atoms with Gasteiger partial charge in [-0.25, -0.2) is 0 Å². The molecule has 3 aromatic rings. The van der Waals surface area contributed by atoms with E-state index >= 15 is 0 Å². The zero-order valence-corrected chi connectivity index (χ0v) is 15.9. The van der Waals surface area contributed by atoms with Gasteiger partial charge in [0.25, 0.3) is 5.91 Å². The van der Waals surface area contributed by atoms with Crippen LogP contribution >= 0.6 is 0 Å². The smallest absolute Gasteiger partial charge is 0.254 e. The summed E-state index contributed by atoms with van der Waals surface area (Å²) in [6.45, 7) is 2.56. The highest BCUT2D eigenvalue weighted by atomic mass is 16.5. The van der Waals surface area contributed by atoms with Gasteiger partial charge in [-0.15, -0.1) is 0 Å². The summed E-state index contributed by atoms with van der Waals surface area (Å²) in [4.78, 5) is 18.9. The van der Waals surface area contributed by atoms with Gasteiger partial charge in [-0.1, -0.05) is 0 Å². The van der Waals surface area contributed by atoms with Crippen molar-refractivity contribution in [2.75, 3.05) is 26.3 Å². The van der Waals surface area contributed by atoms with E-state index in [-0.39, 0.29) is 17.4 Å². The van der Waals surface area contributed by atoms with Gasteiger partial charge in [-0.2, -0.15) is 0 Å². The first-order valence-corrected chi connectivity index (χ1v) is 9.66. The van der Waals surface area contributed by atoms with E-state index in [0.717, 1.165) is 35.2 Å². The molecule has 0 saturated carbocycles. The Bertz CT molecular complexity index is 1010. The third-order valence-electron chi connectivity index (χ3n) is 6.02. The number of carbonyl (C=O) groups excluding carboxylic acids is 1. The number of nitrogens with zero attached hydrogens (tertiary/aromatic N) is 3. The Morgan fingerprint density at radius 3 is 3.04 bits per heavy atom. The van der Waals surface area contributed by atoms with Crippen LogP contribution < -0.4 is 4.74 Å². The number of fused-ring (bicyclic) bond motifs is 1. The molecule has 0 bridgehead atoms. The Morgan fingerprint density at radius 1 is 1.32 bits per heavy atom. The summed E-state index contributed by atoms with van der Waals surface area (Å²) in [5, 5.41) is 1.09. The maximum Gasteiger partial charge on any atom is 0.254 e.